The topological polar surface area (TPSA) is 92.6 Å². The summed E-state index contributed by atoms with van der Waals surface area (Å²) >= 11 is 0. The quantitative estimate of drug-likeness (QED) is 0.589. The number of sulfonamides is 1. The standard InChI is InChI=1S/C19H23N3O4S/c1-14(2)15-5-7-16(8-6-15)20-18-10-9-17(13-19(18)22(23)24)27(25,26)21-11-3-4-12-21/h5-10,13-14,20H,3-4,11-12H2,1-2H3. The van der Waals surface area contributed by atoms with Gasteiger partial charge in [0.05, 0.1) is 9.82 Å². The maximum Gasteiger partial charge on any atom is 0.294 e. The van der Waals surface area contributed by atoms with Gasteiger partial charge in [0.25, 0.3) is 5.69 Å². The van der Waals surface area contributed by atoms with Crippen molar-refractivity contribution in [3.63, 3.8) is 0 Å². The first-order valence-electron chi connectivity index (χ1n) is 8.94. The largest absolute Gasteiger partial charge is 0.350 e. The van der Waals surface area contributed by atoms with Crippen molar-refractivity contribution >= 4 is 27.1 Å². The Hall–Kier alpha value is -2.45. The first-order chi connectivity index (χ1) is 12.8. The summed E-state index contributed by atoms with van der Waals surface area (Å²) in [5.41, 5.74) is 1.88. The second kappa shape index (κ2) is 7.66. The zero-order valence-corrected chi connectivity index (χ0v) is 16.2. The number of anilines is 2. The van der Waals surface area contributed by atoms with Gasteiger partial charge in [0.15, 0.2) is 0 Å². The Morgan fingerprint density at radius 3 is 2.26 bits per heavy atom. The normalized spacial score (nSPS) is 15.2. The summed E-state index contributed by atoms with van der Waals surface area (Å²) in [5, 5.41) is 14.5. The Bertz CT molecular complexity index is 934. The zero-order chi connectivity index (χ0) is 19.6. The second-order valence-electron chi connectivity index (χ2n) is 6.95. The molecule has 0 unspecified atom stereocenters. The monoisotopic (exact) mass is 389 g/mol. The maximum atomic E-state index is 12.7. The third-order valence-corrected chi connectivity index (χ3v) is 6.62. The van der Waals surface area contributed by atoms with Crippen molar-refractivity contribution in [2.24, 2.45) is 0 Å². The Kier molecular flexibility index (Phi) is 5.48. The van der Waals surface area contributed by atoms with E-state index in [0.29, 0.717) is 24.7 Å². The van der Waals surface area contributed by atoms with Crippen molar-refractivity contribution in [1.82, 2.24) is 4.31 Å². The second-order valence-corrected chi connectivity index (χ2v) is 8.89. The van der Waals surface area contributed by atoms with Crippen LogP contribution in [-0.2, 0) is 10.0 Å². The Morgan fingerprint density at radius 1 is 1.07 bits per heavy atom. The molecule has 0 amide bonds. The average Bonchev–Trinajstić information content (AvgIpc) is 3.17. The van der Waals surface area contributed by atoms with E-state index >= 15 is 0 Å². The van der Waals surface area contributed by atoms with E-state index in [2.05, 4.69) is 19.2 Å². The SMILES string of the molecule is CC(C)c1ccc(Nc2ccc(S(=O)(=O)N3CCCC3)cc2[N+](=O)[O-])cc1. The van der Waals surface area contributed by atoms with Gasteiger partial charge in [0.1, 0.15) is 5.69 Å². The summed E-state index contributed by atoms with van der Waals surface area (Å²) in [7, 11) is -3.70. The minimum Gasteiger partial charge on any atom is -0.350 e. The Morgan fingerprint density at radius 2 is 1.70 bits per heavy atom. The summed E-state index contributed by atoms with van der Waals surface area (Å²) in [5.74, 6) is 0.392. The van der Waals surface area contributed by atoms with Crippen LogP contribution in [-0.4, -0.2) is 30.7 Å². The van der Waals surface area contributed by atoms with Crippen molar-refractivity contribution in [3.05, 3.63) is 58.1 Å². The summed E-state index contributed by atoms with van der Waals surface area (Å²) in [6, 6.07) is 11.7. The number of hydrogen-bond donors (Lipinski definition) is 1. The van der Waals surface area contributed by atoms with E-state index in [1.54, 1.807) is 0 Å². The van der Waals surface area contributed by atoms with Gasteiger partial charge in [-0.1, -0.05) is 26.0 Å². The molecule has 1 N–H and O–H groups in total. The van der Waals surface area contributed by atoms with E-state index in [4.69, 9.17) is 0 Å². The van der Waals surface area contributed by atoms with Crippen LogP contribution in [0.25, 0.3) is 0 Å². The minimum absolute atomic E-state index is 0.0446. The highest BCUT2D eigenvalue weighted by atomic mass is 32.2. The number of nitro groups is 1. The van der Waals surface area contributed by atoms with Gasteiger partial charge in [-0.05, 0) is 48.6 Å². The first-order valence-corrected chi connectivity index (χ1v) is 10.4. The molecule has 0 atom stereocenters. The molecule has 2 aromatic rings. The van der Waals surface area contributed by atoms with Crippen molar-refractivity contribution in [2.45, 2.75) is 37.5 Å². The fraction of sp³-hybridized carbons (Fsp3) is 0.368. The van der Waals surface area contributed by atoms with Crippen LogP contribution in [0.2, 0.25) is 0 Å². The molecule has 1 saturated heterocycles. The molecule has 0 spiro atoms. The number of nitrogens with one attached hydrogen (secondary N) is 1. The van der Waals surface area contributed by atoms with E-state index in [1.807, 2.05) is 24.3 Å². The van der Waals surface area contributed by atoms with Crippen LogP contribution in [0.5, 0.6) is 0 Å². The van der Waals surface area contributed by atoms with Crippen molar-refractivity contribution in [1.29, 1.82) is 0 Å². The number of nitrogens with zero attached hydrogens (tertiary/aromatic N) is 2. The number of benzene rings is 2. The molecular weight excluding hydrogens is 366 g/mol. The molecule has 8 heteroatoms. The van der Waals surface area contributed by atoms with Crippen LogP contribution in [0.15, 0.2) is 47.4 Å². The summed E-state index contributed by atoms with van der Waals surface area (Å²) in [6.45, 7) is 5.09. The van der Waals surface area contributed by atoms with Gasteiger partial charge in [-0.25, -0.2) is 8.42 Å². The molecule has 1 aliphatic rings. The molecule has 2 aromatic carbocycles. The van der Waals surface area contributed by atoms with Crippen LogP contribution >= 0.6 is 0 Å². The lowest BCUT2D eigenvalue weighted by atomic mass is 10.0. The molecule has 1 fully saturated rings. The van der Waals surface area contributed by atoms with Crippen molar-refractivity contribution < 1.29 is 13.3 Å². The first kappa shape index (κ1) is 19.3. The molecule has 144 valence electrons. The summed E-state index contributed by atoms with van der Waals surface area (Å²) in [6.07, 6.45) is 1.63. The molecule has 27 heavy (non-hydrogen) atoms. The van der Waals surface area contributed by atoms with Gasteiger partial charge in [0, 0.05) is 24.8 Å². The smallest absolute Gasteiger partial charge is 0.294 e. The molecule has 0 aliphatic carbocycles. The fourth-order valence-electron chi connectivity index (χ4n) is 3.11. The molecular formula is C19H23N3O4S. The van der Waals surface area contributed by atoms with Crippen LogP contribution in [0.1, 0.15) is 38.2 Å². The van der Waals surface area contributed by atoms with Crippen LogP contribution in [0, 0.1) is 10.1 Å². The van der Waals surface area contributed by atoms with Gasteiger partial charge in [0.2, 0.25) is 10.0 Å². The molecule has 0 aromatic heterocycles. The Labute approximate surface area is 159 Å². The van der Waals surface area contributed by atoms with Crippen molar-refractivity contribution in [3.8, 4) is 0 Å². The third-order valence-electron chi connectivity index (χ3n) is 4.73. The summed E-state index contributed by atoms with van der Waals surface area (Å²) < 4.78 is 26.7. The summed E-state index contributed by atoms with van der Waals surface area (Å²) in [4.78, 5) is 10.9. The highest BCUT2D eigenvalue weighted by molar-refractivity contribution is 7.89. The fourth-order valence-corrected chi connectivity index (χ4v) is 4.65. The average molecular weight is 389 g/mol. The van der Waals surface area contributed by atoms with Crippen molar-refractivity contribution in [2.75, 3.05) is 18.4 Å². The van der Waals surface area contributed by atoms with Gasteiger partial charge in [-0.2, -0.15) is 4.31 Å². The molecule has 0 saturated carbocycles. The van der Waals surface area contributed by atoms with Gasteiger partial charge < -0.3 is 5.32 Å². The lowest BCUT2D eigenvalue weighted by molar-refractivity contribution is -0.384. The predicted octanol–water partition coefficient (Wildman–Crippen LogP) is 4.25. The minimum atomic E-state index is -3.70. The van der Waals surface area contributed by atoms with E-state index in [9.17, 15) is 18.5 Å². The molecule has 7 nitrogen and oxygen atoms in total. The Balaban J connectivity index is 1.91. The third kappa shape index (κ3) is 4.12. The molecule has 1 heterocycles. The van der Waals surface area contributed by atoms with E-state index in [1.165, 1.54) is 22.0 Å². The van der Waals surface area contributed by atoms with Crippen LogP contribution in [0.3, 0.4) is 0 Å². The van der Waals surface area contributed by atoms with Crippen LogP contribution < -0.4 is 5.32 Å². The lowest BCUT2D eigenvalue weighted by Crippen LogP contribution is -2.27. The zero-order valence-electron chi connectivity index (χ0n) is 15.4. The van der Waals surface area contributed by atoms with Gasteiger partial charge >= 0.3 is 0 Å². The highest BCUT2D eigenvalue weighted by Gasteiger charge is 2.29. The number of rotatable bonds is 6. The molecule has 0 bridgehead atoms. The van der Waals surface area contributed by atoms with E-state index in [0.717, 1.165) is 18.9 Å². The van der Waals surface area contributed by atoms with E-state index in [-0.39, 0.29) is 16.3 Å². The molecule has 3 rings (SSSR count). The predicted molar refractivity (Wildman–Crippen MR) is 105 cm³/mol. The van der Waals surface area contributed by atoms with Gasteiger partial charge in [-0.3, -0.25) is 10.1 Å². The van der Waals surface area contributed by atoms with E-state index < -0.39 is 14.9 Å². The molecule has 0 radical (unpaired) electrons. The highest BCUT2D eigenvalue weighted by Crippen LogP contribution is 2.32. The lowest BCUT2D eigenvalue weighted by Gasteiger charge is -2.16. The number of hydrogen-bond acceptors (Lipinski definition) is 5. The number of nitro benzene ring substituents is 1. The molecule has 1 aliphatic heterocycles. The van der Waals surface area contributed by atoms with Crippen LogP contribution in [0.4, 0.5) is 17.1 Å². The maximum absolute atomic E-state index is 12.7. The van der Waals surface area contributed by atoms with Gasteiger partial charge in [-0.15, -0.1) is 0 Å².